The summed E-state index contributed by atoms with van der Waals surface area (Å²) in [5.74, 6) is 0.443. The van der Waals surface area contributed by atoms with E-state index in [0.717, 1.165) is 13.1 Å². The van der Waals surface area contributed by atoms with Crippen molar-refractivity contribution in [3.05, 3.63) is 0 Å². The van der Waals surface area contributed by atoms with Gasteiger partial charge in [0, 0.05) is 12.5 Å². The van der Waals surface area contributed by atoms with Crippen molar-refractivity contribution < 1.29 is 9.53 Å². The monoisotopic (exact) mass is 185 g/mol. The number of esters is 1. The molecule has 1 aliphatic heterocycles. The highest BCUT2D eigenvalue weighted by molar-refractivity contribution is 5.71. The molecule has 0 amide bonds. The fraction of sp³-hybridized carbons (Fsp3) is 0.900. The Labute approximate surface area is 79.8 Å². The van der Waals surface area contributed by atoms with Crippen LogP contribution in [0.2, 0.25) is 0 Å². The van der Waals surface area contributed by atoms with Gasteiger partial charge in [0.15, 0.2) is 0 Å². The first-order chi connectivity index (χ1) is 6.20. The summed E-state index contributed by atoms with van der Waals surface area (Å²) in [5.41, 5.74) is 0. The minimum atomic E-state index is -0.0782. The summed E-state index contributed by atoms with van der Waals surface area (Å²) in [7, 11) is 0. The van der Waals surface area contributed by atoms with Crippen LogP contribution in [0.3, 0.4) is 0 Å². The SMILES string of the molecule is CC(C)C(=O)OCC1CCCNC1. The minimum absolute atomic E-state index is 0.00319. The van der Waals surface area contributed by atoms with Gasteiger partial charge in [-0.1, -0.05) is 13.8 Å². The lowest BCUT2D eigenvalue weighted by Gasteiger charge is -2.22. The molecule has 13 heavy (non-hydrogen) atoms. The van der Waals surface area contributed by atoms with Crippen LogP contribution in [0.1, 0.15) is 26.7 Å². The molecule has 1 atom stereocenters. The predicted octanol–water partition coefficient (Wildman–Crippen LogP) is 1.19. The molecule has 1 fully saturated rings. The number of rotatable bonds is 3. The van der Waals surface area contributed by atoms with E-state index in [1.54, 1.807) is 0 Å². The van der Waals surface area contributed by atoms with E-state index in [4.69, 9.17) is 4.74 Å². The molecule has 1 unspecified atom stereocenters. The van der Waals surface area contributed by atoms with E-state index in [-0.39, 0.29) is 11.9 Å². The zero-order valence-electron chi connectivity index (χ0n) is 8.51. The van der Waals surface area contributed by atoms with E-state index in [0.29, 0.717) is 12.5 Å². The first-order valence-corrected chi connectivity index (χ1v) is 5.07. The Morgan fingerprint density at radius 1 is 1.62 bits per heavy atom. The van der Waals surface area contributed by atoms with Crippen LogP contribution in [0.5, 0.6) is 0 Å². The second-order valence-corrected chi connectivity index (χ2v) is 4.00. The standard InChI is InChI=1S/C10H19NO2/c1-8(2)10(12)13-7-9-4-3-5-11-6-9/h8-9,11H,3-7H2,1-2H3. The highest BCUT2D eigenvalue weighted by Gasteiger charge is 2.16. The summed E-state index contributed by atoms with van der Waals surface area (Å²) >= 11 is 0. The number of nitrogens with one attached hydrogen (secondary N) is 1. The van der Waals surface area contributed by atoms with E-state index in [1.807, 2.05) is 13.8 Å². The van der Waals surface area contributed by atoms with Crippen LogP contribution < -0.4 is 5.32 Å². The Morgan fingerprint density at radius 2 is 2.38 bits per heavy atom. The third-order valence-corrected chi connectivity index (χ3v) is 2.33. The first kappa shape index (κ1) is 10.5. The summed E-state index contributed by atoms with van der Waals surface area (Å²) in [6.45, 7) is 6.41. The van der Waals surface area contributed by atoms with Gasteiger partial charge in [-0.25, -0.2) is 0 Å². The van der Waals surface area contributed by atoms with Crippen LogP contribution in [0.4, 0.5) is 0 Å². The Bertz CT molecular complexity index is 162. The lowest BCUT2D eigenvalue weighted by Crippen LogP contribution is -2.33. The largest absolute Gasteiger partial charge is 0.465 e. The summed E-state index contributed by atoms with van der Waals surface area (Å²) in [4.78, 5) is 11.1. The molecule has 0 radical (unpaired) electrons. The molecule has 0 aliphatic carbocycles. The average molecular weight is 185 g/mol. The predicted molar refractivity (Wildman–Crippen MR) is 51.4 cm³/mol. The number of carbonyl (C=O) groups is 1. The van der Waals surface area contributed by atoms with Gasteiger partial charge < -0.3 is 10.1 Å². The quantitative estimate of drug-likeness (QED) is 0.671. The molecular formula is C10H19NO2. The van der Waals surface area contributed by atoms with Crippen molar-refractivity contribution in [2.24, 2.45) is 11.8 Å². The van der Waals surface area contributed by atoms with Crippen molar-refractivity contribution in [2.75, 3.05) is 19.7 Å². The van der Waals surface area contributed by atoms with E-state index < -0.39 is 0 Å². The normalized spacial score (nSPS) is 23.2. The second kappa shape index (κ2) is 5.22. The number of piperidine rings is 1. The molecule has 1 rings (SSSR count). The molecule has 0 spiro atoms. The molecule has 3 nitrogen and oxygen atoms in total. The highest BCUT2D eigenvalue weighted by Crippen LogP contribution is 2.10. The Balaban J connectivity index is 2.13. The van der Waals surface area contributed by atoms with Crippen LogP contribution >= 0.6 is 0 Å². The second-order valence-electron chi connectivity index (χ2n) is 4.00. The van der Waals surface area contributed by atoms with Crippen LogP contribution in [-0.2, 0) is 9.53 Å². The van der Waals surface area contributed by atoms with Crippen LogP contribution in [0, 0.1) is 11.8 Å². The zero-order valence-corrected chi connectivity index (χ0v) is 8.51. The van der Waals surface area contributed by atoms with Crippen molar-refractivity contribution in [3.8, 4) is 0 Å². The molecule has 3 heteroatoms. The molecule has 0 aromatic heterocycles. The average Bonchev–Trinajstić information content (AvgIpc) is 2.15. The van der Waals surface area contributed by atoms with Crippen molar-refractivity contribution >= 4 is 5.97 Å². The van der Waals surface area contributed by atoms with E-state index in [2.05, 4.69) is 5.32 Å². The van der Waals surface area contributed by atoms with Gasteiger partial charge in [-0.15, -0.1) is 0 Å². The van der Waals surface area contributed by atoms with Crippen LogP contribution in [0.15, 0.2) is 0 Å². The fourth-order valence-electron chi connectivity index (χ4n) is 1.43. The molecule has 1 heterocycles. The van der Waals surface area contributed by atoms with E-state index >= 15 is 0 Å². The van der Waals surface area contributed by atoms with Crippen LogP contribution in [0.25, 0.3) is 0 Å². The molecule has 0 saturated carbocycles. The van der Waals surface area contributed by atoms with E-state index in [1.165, 1.54) is 12.8 Å². The lowest BCUT2D eigenvalue weighted by molar-refractivity contribution is -0.148. The molecule has 0 aromatic carbocycles. The van der Waals surface area contributed by atoms with Gasteiger partial charge in [0.25, 0.3) is 0 Å². The van der Waals surface area contributed by atoms with Crippen molar-refractivity contribution in [1.29, 1.82) is 0 Å². The third kappa shape index (κ3) is 3.77. The number of carbonyl (C=O) groups excluding carboxylic acids is 1. The summed E-state index contributed by atoms with van der Waals surface area (Å²) in [5, 5.41) is 3.30. The van der Waals surface area contributed by atoms with Crippen LogP contribution in [-0.4, -0.2) is 25.7 Å². The maximum absolute atomic E-state index is 11.1. The molecular weight excluding hydrogens is 166 g/mol. The van der Waals surface area contributed by atoms with Crippen molar-refractivity contribution in [3.63, 3.8) is 0 Å². The Kier molecular flexibility index (Phi) is 4.22. The smallest absolute Gasteiger partial charge is 0.308 e. The lowest BCUT2D eigenvalue weighted by atomic mass is 10.0. The molecule has 76 valence electrons. The number of hydrogen-bond donors (Lipinski definition) is 1. The molecule has 0 bridgehead atoms. The van der Waals surface area contributed by atoms with Crippen molar-refractivity contribution in [2.45, 2.75) is 26.7 Å². The first-order valence-electron chi connectivity index (χ1n) is 5.07. The van der Waals surface area contributed by atoms with Gasteiger partial charge >= 0.3 is 5.97 Å². The van der Waals surface area contributed by atoms with Gasteiger partial charge in [0.1, 0.15) is 0 Å². The maximum Gasteiger partial charge on any atom is 0.308 e. The Hall–Kier alpha value is -0.570. The number of hydrogen-bond acceptors (Lipinski definition) is 3. The highest BCUT2D eigenvalue weighted by atomic mass is 16.5. The molecule has 1 saturated heterocycles. The summed E-state index contributed by atoms with van der Waals surface area (Å²) < 4.78 is 5.16. The zero-order chi connectivity index (χ0) is 9.68. The van der Waals surface area contributed by atoms with Gasteiger partial charge in [-0.05, 0) is 19.4 Å². The van der Waals surface area contributed by atoms with Crippen molar-refractivity contribution in [1.82, 2.24) is 5.32 Å². The summed E-state index contributed by atoms with van der Waals surface area (Å²) in [6.07, 6.45) is 2.38. The summed E-state index contributed by atoms with van der Waals surface area (Å²) in [6, 6.07) is 0. The molecule has 0 aromatic rings. The third-order valence-electron chi connectivity index (χ3n) is 2.33. The van der Waals surface area contributed by atoms with E-state index in [9.17, 15) is 4.79 Å². The topological polar surface area (TPSA) is 38.3 Å². The number of ether oxygens (including phenoxy) is 1. The molecule has 1 N–H and O–H groups in total. The Morgan fingerprint density at radius 3 is 2.92 bits per heavy atom. The fourth-order valence-corrected chi connectivity index (χ4v) is 1.43. The van der Waals surface area contributed by atoms with Gasteiger partial charge in [0.2, 0.25) is 0 Å². The van der Waals surface area contributed by atoms with Gasteiger partial charge in [-0.2, -0.15) is 0 Å². The minimum Gasteiger partial charge on any atom is -0.465 e. The molecule has 1 aliphatic rings. The van der Waals surface area contributed by atoms with Gasteiger partial charge in [0.05, 0.1) is 12.5 Å². The maximum atomic E-state index is 11.1. The van der Waals surface area contributed by atoms with Gasteiger partial charge in [-0.3, -0.25) is 4.79 Å².